The first-order chi connectivity index (χ1) is 28.7. The second-order valence-corrected chi connectivity index (χ2v) is 16.1. The van der Waals surface area contributed by atoms with Crippen LogP contribution in [0.25, 0.3) is 0 Å². The van der Waals surface area contributed by atoms with Crippen molar-refractivity contribution in [3.05, 3.63) is 62.8 Å². The van der Waals surface area contributed by atoms with Gasteiger partial charge in [-0.3, -0.25) is 9.59 Å². The number of ether oxygens (including phenoxy) is 4. The van der Waals surface area contributed by atoms with Gasteiger partial charge in [-0.2, -0.15) is 0 Å². The Kier molecular flexibility index (Phi) is 35.3. The van der Waals surface area contributed by atoms with Gasteiger partial charge in [0.1, 0.15) is 69.7 Å². The van der Waals surface area contributed by atoms with Crippen LogP contribution < -0.4 is 43.1 Å². The van der Waals surface area contributed by atoms with Crippen LogP contribution in [-0.4, -0.2) is 59.4 Å². The molecular weight excluding hydrogens is 908 g/mol. The molecule has 0 saturated carbocycles. The molecule has 0 aliphatic carbocycles. The molecule has 61 heavy (non-hydrogen) atoms. The van der Waals surface area contributed by atoms with E-state index in [0.717, 1.165) is 38.1 Å². The summed E-state index contributed by atoms with van der Waals surface area (Å²) in [7, 11) is 0. The number of rotatable bonds is 38. The Bertz CT molecular complexity index is 1370. The predicted octanol–water partition coefficient (Wildman–Crippen LogP) is 2.73. The van der Waals surface area contributed by atoms with Crippen LogP contribution >= 0.6 is 0 Å². The third-order valence-electron chi connectivity index (χ3n) is 10.6. The molecule has 2 heterocycles. The quantitative estimate of drug-likeness (QED) is 0.0332. The topological polar surface area (TPSA) is 123 Å². The summed E-state index contributed by atoms with van der Waals surface area (Å²) in [4.78, 5) is 50.2. The van der Waals surface area contributed by atoms with E-state index in [1.807, 2.05) is 46.6 Å². The molecule has 348 valence electrons. The van der Waals surface area contributed by atoms with Crippen molar-refractivity contribution in [3.8, 4) is 0 Å². The molecule has 0 amide bonds. The largest absolute Gasteiger partial charge is 1.00 e. The molecule has 2 aromatic rings. The molecule has 0 aromatic carbocycles. The summed E-state index contributed by atoms with van der Waals surface area (Å²) in [5.41, 5.74) is -1.36. The zero-order valence-electron chi connectivity index (χ0n) is 37.6. The minimum atomic E-state index is -1.36. The molecule has 0 saturated heterocycles. The number of imidazole rings is 2. The fourth-order valence-corrected chi connectivity index (χ4v) is 6.84. The number of carbonyl (C=O) groups excluding carboxylic acids is 4. The van der Waals surface area contributed by atoms with E-state index in [-0.39, 0.29) is 73.2 Å². The first-order valence-electron chi connectivity index (χ1n) is 22.7. The van der Waals surface area contributed by atoms with Crippen molar-refractivity contribution >= 4 is 23.9 Å². The molecule has 0 aliphatic heterocycles. The predicted molar refractivity (Wildman–Crippen MR) is 229 cm³/mol. The second kappa shape index (κ2) is 37.3. The summed E-state index contributed by atoms with van der Waals surface area (Å²) in [5.74, 6) is -2.45. The van der Waals surface area contributed by atoms with Crippen LogP contribution in [0.1, 0.15) is 155 Å². The van der Waals surface area contributed by atoms with Crippen LogP contribution in [0.5, 0.6) is 0 Å². The maximum absolute atomic E-state index is 13.0. The number of aromatic nitrogens is 4. The Labute approximate surface area is 388 Å². The van der Waals surface area contributed by atoms with Gasteiger partial charge in [0.25, 0.3) is 0 Å². The normalized spacial score (nSPS) is 10.9. The SMILES string of the molecule is C=CC(=O)OCC(COC(=O)C=C)(COC(=O)CCn1cc[n+](CCCCCCCCCCCC)c1)COC(=O)CCn1cc[n+](CCCCCCCCCCCC)c1.[Br-].[Br-]. The van der Waals surface area contributed by atoms with Crippen LogP contribution in [0.3, 0.4) is 0 Å². The molecule has 2 rings (SSSR count). The molecule has 12 nitrogen and oxygen atoms in total. The fraction of sp³-hybridized carbons (Fsp3) is 0.702. The van der Waals surface area contributed by atoms with Crippen molar-refractivity contribution in [2.45, 2.75) is 181 Å². The van der Waals surface area contributed by atoms with Crippen LogP contribution in [0.2, 0.25) is 0 Å². The van der Waals surface area contributed by atoms with Crippen molar-refractivity contribution in [3.63, 3.8) is 0 Å². The minimum absolute atomic E-state index is 0. The van der Waals surface area contributed by atoms with E-state index in [0.29, 0.717) is 13.1 Å². The van der Waals surface area contributed by atoms with Gasteiger partial charge in [-0.15, -0.1) is 0 Å². The Balaban J connectivity index is 0.0000180. The van der Waals surface area contributed by atoms with E-state index in [1.165, 1.54) is 116 Å². The molecule has 0 N–H and O–H groups in total. The van der Waals surface area contributed by atoms with Crippen molar-refractivity contribution in [1.82, 2.24) is 9.13 Å². The van der Waals surface area contributed by atoms with Gasteiger partial charge in [-0.1, -0.05) is 130 Å². The number of carbonyl (C=O) groups is 4. The van der Waals surface area contributed by atoms with Gasteiger partial charge in [0, 0.05) is 12.2 Å². The number of halogens is 2. The molecule has 0 spiro atoms. The van der Waals surface area contributed by atoms with Crippen LogP contribution in [0.15, 0.2) is 62.8 Å². The van der Waals surface area contributed by atoms with Crippen molar-refractivity contribution < 1.29 is 81.2 Å². The first kappa shape index (κ1) is 57.7. The Morgan fingerprint density at radius 3 is 1.15 bits per heavy atom. The zero-order chi connectivity index (χ0) is 42.8. The van der Waals surface area contributed by atoms with E-state index in [1.54, 1.807) is 0 Å². The van der Waals surface area contributed by atoms with E-state index in [9.17, 15) is 19.2 Å². The molecule has 2 aromatic heterocycles. The molecule has 0 aliphatic rings. The summed E-state index contributed by atoms with van der Waals surface area (Å²) < 4.78 is 30.1. The van der Waals surface area contributed by atoms with Gasteiger partial charge in [0.15, 0.2) is 0 Å². The summed E-state index contributed by atoms with van der Waals surface area (Å²) in [6.07, 6.45) is 39.8. The molecule has 0 radical (unpaired) electrons. The zero-order valence-corrected chi connectivity index (χ0v) is 40.7. The first-order valence-corrected chi connectivity index (χ1v) is 22.7. The van der Waals surface area contributed by atoms with Gasteiger partial charge < -0.3 is 52.9 Å². The lowest BCUT2D eigenvalue weighted by molar-refractivity contribution is -0.697. The molecule has 0 unspecified atom stereocenters. The maximum atomic E-state index is 13.0. The number of unbranched alkanes of at least 4 members (excludes halogenated alkanes) is 18. The van der Waals surface area contributed by atoms with E-state index < -0.39 is 29.3 Å². The monoisotopic (exact) mass is 984 g/mol. The molecule has 0 fully saturated rings. The van der Waals surface area contributed by atoms with E-state index in [4.69, 9.17) is 18.9 Å². The van der Waals surface area contributed by atoms with Gasteiger partial charge >= 0.3 is 23.9 Å². The van der Waals surface area contributed by atoms with Crippen LogP contribution in [0.4, 0.5) is 0 Å². The van der Waals surface area contributed by atoms with Crippen molar-refractivity contribution in [2.75, 3.05) is 26.4 Å². The molecule has 0 atom stereocenters. The average Bonchev–Trinajstić information content (AvgIpc) is 3.92. The van der Waals surface area contributed by atoms with Crippen molar-refractivity contribution in [2.24, 2.45) is 5.41 Å². The number of aryl methyl sites for hydroxylation is 4. The summed E-state index contributed by atoms with van der Waals surface area (Å²) in [6.45, 7) is 12.7. The highest BCUT2D eigenvalue weighted by Gasteiger charge is 2.38. The number of hydrogen-bond acceptors (Lipinski definition) is 8. The number of hydrogen-bond donors (Lipinski definition) is 0. The number of esters is 4. The molecule has 0 bridgehead atoms. The van der Waals surface area contributed by atoms with Gasteiger partial charge in [-0.25, -0.2) is 27.9 Å². The fourth-order valence-electron chi connectivity index (χ4n) is 6.84. The standard InChI is InChI=1S/C47H78N4O8.2BrH/c1-5-9-11-13-15-17-19-21-23-25-29-48-33-35-50(41-48)31-27-45(54)58-39-47(37-56-43(52)7-3,38-57-44(53)8-4)40-59-46(55)28-32-51-36-34-49(42-51)30-26-24-22-20-18-16-14-12-10-6-2;;/h7-8,33-36,41-42H,3-6,9-32,37-40H2,1-2H3;2*1H/q+2;;/p-2. The lowest BCUT2D eigenvalue weighted by Gasteiger charge is -2.31. The smallest absolute Gasteiger partial charge is 0.330 e. The van der Waals surface area contributed by atoms with Gasteiger partial charge in [0.2, 0.25) is 12.7 Å². The number of nitrogens with zero attached hydrogens (tertiary/aromatic N) is 4. The average molecular weight is 987 g/mol. The second-order valence-electron chi connectivity index (χ2n) is 16.1. The summed E-state index contributed by atoms with van der Waals surface area (Å²) in [6, 6.07) is 0. The van der Waals surface area contributed by atoms with E-state index >= 15 is 0 Å². The third-order valence-corrected chi connectivity index (χ3v) is 10.6. The minimum Gasteiger partial charge on any atom is -1.00 e. The van der Waals surface area contributed by atoms with E-state index in [2.05, 4.69) is 36.1 Å². The summed E-state index contributed by atoms with van der Waals surface area (Å²) >= 11 is 0. The highest BCUT2D eigenvalue weighted by atomic mass is 79.9. The highest BCUT2D eigenvalue weighted by molar-refractivity contribution is 5.81. The Morgan fingerprint density at radius 2 is 0.820 bits per heavy atom. The Morgan fingerprint density at radius 1 is 0.508 bits per heavy atom. The molecular formula is C47H78Br2N4O8. The summed E-state index contributed by atoms with van der Waals surface area (Å²) in [5, 5.41) is 0. The lowest BCUT2D eigenvalue weighted by atomic mass is 9.92. The highest BCUT2D eigenvalue weighted by Crippen LogP contribution is 2.22. The maximum Gasteiger partial charge on any atom is 0.330 e. The molecule has 14 heteroatoms. The van der Waals surface area contributed by atoms with Crippen LogP contribution in [0, 0.1) is 5.41 Å². The van der Waals surface area contributed by atoms with Gasteiger partial charge in [0.05, 0.1) is 25.9 Å². The van der Waals surface area contributed by atoms with Gasteiger partial charge in [-0.05, 0) is 25.7 Å². The Hall–Kier alpha value is -3.26. The lowest BCUT2D eigenvalue weighted by Crippen LogP contribution is -3.00. The third kappa shape index (κ3) is 28.9. The van der Waals surface area contributed by atoms with Crippen molar-refractivity contribution in [1.29, 1.82) is 0 Å². The van der Waals surface area contributed by atoms with Crippen LogP contribution in [-0.2, 0) is 64.3 Å².